The Morgan fingerprint density at radius 1 is 1.19 bits per heavy atom. The van der Waals surface area contributed by atoms with Crippen LogP contribution in [0.1, 0.15) is 17.4 Å². The Morgan fingerprint density at radius 3 is 2.71 bits per heavy atom. The summed E-state index contributed by atoms with van der Waals surface area (Å²) in [5.41, 5.74) is 2.42. The molecule has 0 radical (unpaired) electrons. The van der Waals surface area contributed by atoms with Gasteiger partial charge in [-0.1, -0.05) is 28.9 Å². The number of halogens is 1. The number of phenolic OH excluding ortho intramolecular Hbond substituents is 2. The highest BCUT2D eigenvalue weighted by atomic mass is 35.5. The first-order chi connectivity index (χ1) is 15.0. The zero-order valence-electron chi connectivity index (χ0n) is 16.9. The lowest BCUT2D eigenvalue weighted by Gasteiger charge is -2.29. The van der Waals surface area contributed by atoms with Crippen LogP contribution in [0, 0.1) is 0 Å². The van der Waals surface area contributed by atoms with Crippen LogP contribution in [0.4, 0.5) is 5.69 Å². The number of hydrogen-bond donors (Lipinski definition) is 3. The Balaban J connectivity index is 1.87. The molecule has 162 valence electrons. The number of carbonyl (C=O) groups excluding carboxylic acids is 1. The van der Waals surface area contributed by atoms with Crippen molar-refractivity contribution in [3.8, 4) is 33.9 Å². The molecule has 0 atom stereocenters. The van der Waals surface area contributed by atoms with Crippen LogP contribution in [0.2, 0.25) is 5.02 Å². The minimum atomic E-state index is -0.395. The van der Waals surface area contributed by atoms with Gasteiger partial charge in [-0.2, -0.15) is 0 Å². The number of phenols is 2. The van der Waals surface area contributed by atoms with Crippen LogP contribution in [0.5, 0.6) is 11.5 Å². The van der Waals surface area contributed by atoms with Gasteiger partial charge < -0.3 is 29.7 Å². The molecule has 0 spiro atoms. The van der Waals surface area contributed by atoms with E-state index in [-0.39, 0.29) is 33.5 Å². The van der Waals surface area contributed by atoms with Crippen molar-refractivity contribution in [3.05, 3.63) is 47.1 Å². The fourth-order valence-electron chi connectivity index (χ4n) is 3.55. The number of ether oxygens (including phenoxy) is 1. The number of anilines is 1. The van der Waals surface area contributed by atoms with Crippen LogP contribution in [-0.2, 0) is 4.74 Å². The zero-order valence-corrected chi connectivity index (χ0v) is 17.6. The van der Waals surface area contributed by atoms with E-state index in [0.29, 0.717) is 30.9 Å². The van der Waals surface area contributed by atoms with E-state index >= 15 is 0 Å². The summed E-state index contributed by atoms with van der Waals surface area (Å²) in [6.07, 6.45) is 0. The monoisotopic (exact) mass is 443 g/mol. The SMILES string of the molecule is CCNC(=O)c1noc(-c2cc(Cl)c(O)cc2O)c1-c1cccc(N2CCOCC2)c1. The lowest BCUT2D eigenvalue weighted by atomic mass is 9.97. The highest BCUT2D eigenvalue weighted by Crippen LogP contribution is 2.43. The number of hydrogen-bond acceptors (Lipinski definition) is 7. The number of carbonyl (C=O) groups is 1. The molecule has 2 heterocycles. The molecule has 4 rings (SSSR count). The van der Waals surface area contributed by atoms with E-state index in [1.807, 2.05) is 31.2 Å². The topological polar surface area (TPSA) is 108 Å². The smallest absolute Gasteiger partial charge is 0.274 e. The van der Waals surface area contributed by atoms with Crippen LogP contribution in [0.25, 0.3) is 22.5 Å². The standard InChI is InChI=1S/C22H22ClN3O5/c1-2-24-22(29)20-19(13-4-3-5-14(10-13)26-6-8-30-9-7-26)21(31-25-20)15-11-16(23)18(28)12-17(15)27/h3-5,10-12,27-28H,2,6-9H2,1H3,(H,24,29). The van der Waals surface area contributed by atoms with Gasteiger partial charge in [-0.05, 0) is 30.7 Å². The second kappa shape index (κ2) is 8.87. The Labute approximate surface area is 184 Å². The molecule has 0 aliphatic carbocycles. The van der Waals surface area contributed by atoms with Crippen LogP contribution in [0.15, 0.2) is 40.9 Å². The van der Waals surface area contributed by atoms with Crippen LogP contribution < -0.4 is 10.2 Å². The summed E-state index contributed by atoms with van der Waals surface area (Å²) in [5.74, 6) is -0.721. The van der Waals surface area contributed by atoms with Gasteiger partial charge in [0.25, 0.3) is 5.91 Å². The Hall–Kier alpha value is -3.23. The van der Waals surface area contributed by atoms with E-state index in [0.717, 1.165) is 24.8 Å². The number of morpholine rings is 1. The van der Waals surface area contributed by atoms with Gasteiger partial charge >= 0.3 is 0 Å². The molecular formula is C22H22ClN3O5. The fraction of sp³-hybridized carbons (Fsp3) is 0.273. The van der Waals surface area contributed by atoms with Crippen molar-refractivity contribution in [2.45, 2.75) is 6.92 Å². The normalized spacial score (nSPS) is 13.9. The number of benzene rings is 2. The summed E-state index contributed by atoms with van der Waals surface area (Å²) in [6, 6.07) is 10.2. The third kappa shape index (κ3) is 4.17. The molecule has 31 heavy (non-hydrogen) atoms. The summed E-state index contributed by atoms with van der Waals surface area (Å²) in [5, 5.41) is 27.0. The van der Waals surface area contributed by atoms with Crippen molar-refractivity contribution in [2.75, 3.05) is 37.7 Å². The number of rotatable bonds is 5. The van der Waals surface area contributed by atoms with Gasteiger partial charge in [-0.15, -0.1) is 0 Å². The molecule has 0 bridgehead atoms. The van der Waals surface area contributed by atoms with Gasteiger partial charge in [0.15, 0.2) is 11.5 Å². The predicted octanol–water partition coefficient (Wildman–Crippen LogP) is 3.66. The minimum Gasteiger partial charge on any atom is -0.507 e. The zero-order chi connectivity index (χ0) is 22.0. The predicted molar refractivity (Wildman–Crippen MR) is 117 cm³/mol. The second-order valence-corrected chi connectivity index (χ2v) is 7.47. The Morgan fingerprint density at radius 2 is 1.97 bits per heavy atom. The maximum Gasteiger partial charge on any atom is 0.274 e. The second-order valence-electron chi connectivity index (χ2n) is 7.07. The van der Waals surface area contributed by atoms with E-state index in [4.69, 9.17) is 20.9 Å². The summed E-state index contributed by atoms with van der Waals surface area (Å²) in [7, 11) is 0. The summed E-state index contributed by atoms with van der Waals surface area (Å²) >= 11 is 6.06. The highest BCUT2D eigenvalue weighted by Gasteiger charge is 2.27. The van der Waals surface area contributed by atoms with Crippen molar-refractivity contribution >= 4 is 23.2 Å². The van der Waals surface area contributed by atoms with Crippen LogP contribution in [0.3, 0.4) is 0 Å². The number of aromatic hydroxyl groups is 2. The Kier molecular flexibility index (Phi) is 6.01. The quantitative estimate of drug-likeness (QED) is 0.552. The first-order valence-electron chi connectivity index (χ1n) is 9.92. The molecule has 9 heteroatoms. The molecule has 1 fully saturated rings. The molecule has 1 amide bonds. The molecule has 2 aromatic carbocycles. The molecule has 3 aromatic rings. The lowest BCUT2D eigenvalue weighted by molar-refractivity contribution is 0.0947. The molecule has 8 nitrogen and oxygen atoms in total. The van der Waals surface area contributed by atoms with Crippen molar-refractivity contribution in [1.82, 2.24) is 10.5 Å². The molecule has 3 N–H and O–H groups in total. The molecule has 0 saturated carbocycles. The van der Waals surface area contributed by atoms with Crippen molar-refractivity contribution in [1.29, 1.82) is 0 Å². The summed E-state index contributed by atoms with van der Waals surface area (Å²) in [4.78, 5) is 14.9. The first kappa shape index (κ1) is 21.0. The summed E-state index contributed by atoms with van der Waals surface area (Å²) in [6.45, 7) is 5.04. The van der Waals surface area contributed by atoms with Crippen molar-refractivity contribution in [2.24, 2.45) is 0 Å². The van der Waals surface area contributed by atoms with E-state index in [9.17, 15) is 15.0 Å². The van der Waals surface area contributed by atoms with Gasteiger partial charge in [-0.3, -0.25) is 4.79 Å². The molecule has 1 aliphatic rings. The third-order valence-corrected chi connectivity index (χ3v) is 5.37. The third-order valence-electron chi connectivity index (χ3n) is 5.07. The average Bonchev–Trinajstić information content (AvgIpc) is 3.22. The van der Waals surface area contributed by atoms with E-state index in [1.54, 1.807) is 0 Å². The van der Waals surface area contributed by atoms with Gasteiger partial charge in [0, 0.05) is 31.4 Å². The van der Waals surface area contributed by atoms with Crippen LogP contribution >= 0.6 is 11.6 Å². The highest BCUT2D eigenvalue weighted by molar-refractivity contribution is 6.32. The molecular weight excluding hydrogens is 422 g/mol. The van der Waals surface area contributed by atoms with E-state index in [2.05, 4.69) is 15.4 Å². The molecule has 1 aromatic heterocycles. The van der Waals surface area contributed by atoms with Gasteiger partial charge in [0.2, 0.25) is 0 Å². The molecule has 1 aliphatic heterocycles. The van der Waals surface area contributed by atoms with Crippen LogP contribution in [-0.4, -0.2) is 54.1 Å². The lowest BCUT2D eigenvalue weighted by Crippen LogP contribution is -2.36. The van der Waals surface area contributed by atoms with E-state index < -0.39 is 5.91 Å². The average molecular weight is 444 g/mol. The van der Waals surface area contributed by atoms with Crippen molar-refractivity contribution < 1.29 is 24.3 Å². The number of amides is 1. The maximum atomic E-state index is 12.7. The molecule has 0 unspecified atom stereocenters. The number of nitrogens with zero attached hydrogens (tertiary/aromatic N) is 2. The van der Waals surface area contributed by atoms with Gasteiger partial charge in [0.1, 0.15) is 11.5 Å². The first-order valence-corrected chi connectivity index (χ1v) is 10.3. The van der Waals surface area contributed by atoms with Gasteiger partial charge in [0.05, 0.1) is 29.4 Å². The molecule has 1 saturated heterocycles. The number of nitrogens with one attached hydrogen (secondary N) is 1. The number of aromatic nitrogens is 1. The van der Waals surface area contributed by atoms with Gasteiger partial charge in [-0.25, -0.2) is 0 Å². The largest absolute Gasteiger partial charge is 0.507 e. The fourth-order valence-corrected chi connectivity index (χ4v) is 3.72. The Bertz CT molecular complexity index is 1110. The van der Waals surface area contributed by atoms with E-state index in [1.165, 1.54) is 6.07 Å². The minimum absolute atomic E-state index is 0.0387. The summed E-state index contributed by atoms with van der Waals surface area (Å²) < 4.78 is 11.0. The maximum absolute atomic E-state index is 12.7. The van der Waals surface area contributed by atoms with Crippen molar-refractivity contribution in [3.63, 3.8) is 0 Å².